The van der Waals surface area contributed by atoms with E-state index in [0.717, 1.165) is 50.2 Å². The topological polar surface area (TPSA) is 57.5 Å². The highest BCUT2D eigenvalue weighted by atomic mass is 127. The van der Waals surface area contributed by atoms with E-state index in [9.17, 15) is 0 Å². The third-order valence-electron chi connectivity index (χ3n) is 4.77. The molecule has 25 heavy (non-hydrogen) atoms. The van der Waals surface area contributed by atoms with E-state index in [1.54, 1.807) is 0 Å². The molecule has 1 aromatic heterocycles. The molecule has 0 aromatic carbocycles. The summed E-state index contributed by atoms with van der Waals surface area (Å²) < 4.78 is 2.08. The van der Waals surface area contributed by atoms with Crippen molar-refractivity contribution in [3.63, 3.8) is 0 Å². The van der Waals surface area contributed by atoms with Gasteiger partial charge in [-0.25, -0.2) is 0 Å². The number of hydrogen-bond acceptors (Lipinski definition) is 3. The lowest BCUT2D eigenvalue weighted by molar-refractivity contribution is 0.183. The zero-order valence-corrected chi connectivity index (χ0v) is 18.5. The van der Waals surface area contributed by atoms with Gasteiger partial charge in [0.15, 0.2) is 5.96 Å². The van der Waals surface area contributed by atoms with Gasteiger partial charge in [-0.2, -0.15) is 5.10 Å². The molecule has 2 heterocycles. The van der Waals surface area contributed by atoms with Crippen molar-refractivity contribution in [1.29, 1.82) is 0 Å². The molecule has 1 aromatic rings. The zero-order valence-electron chi connectivity index (χ0n) is 16.2. The molecular weight excluding hydrogens is 427 g/mol. The van der Waals surface area contributed by atoms with Crippen LogP contribution < -0.4 is 10.6 Å². The van der Waals surface area contributed by atoms with Crippen molar-refractivity contribution in [3.8, 4) is 0 Å². The molecule has 1 aliphatic rings. The lowest BCUT2D eigenvalue weighted by Crippen LogP contribution is -2.44. The van der Waals surface area contributed by atoms with Gasteiger partial charge in [0, 0.05) is 38.9 Å². The molecule has 0 spiro atoms. The maximum atomic E-state index is 4.50. The van der Waals surface area contributed by atoms with Crippen LogP contribution in [0.1, 0.15) is 37.6 Å². The number of aliphatic imine (C=N–C) groups is 1. The summed E-state index contributed by atoms with van der Waals surface area (Å²) in [5.41, 5.74) is 2.32. The SMILES string of the molecule is CCN1CCCC(CNC(=NC)NCCCn2nc(C)cc2C)C1.I. The van der Waals surface area contributed by atoms with Crippen molar-refractivity contribution in [2.24, 2.45) is 10.9 Å². The van der Waals surface area contributed by atoms with Crippen LogP contribution in [0.25, 0.3) is 0 Å². The Balaban J connectivity index is 0.00000312. The first-order valence-corrected chi connectivity index (χ1v) is 9.30. The molecule has 2 rings (SSSR count). The standard InChI is InChI=1S/C18H34N6.HI/c1-5-23-10-6-8-17(14-23)13-21-18(19-4)20-9-7-11-24-16(3)12-15(2)22-24;/h12,17H,5-11,13-14H2,1-4H3,(H2,19,20,21);1H. The summed E-state index contributed by atoms with van der Waals surface area (Å²) in [5.74, 6) is 1.64. The van der Waals surface area contributed by atoms with Crippen LogP contribution in [0, 0.1) is 19.8 Å². The number of halogens is 1. The Labute approximate surface area is 169 Å². The molecule has 144 valence electrons. The fraction of sp³-hybridized carbons (Fsp3) is 0.778. The van der Waals surface area contributed by atoms with Crippen LogP contribution in [0.4, 0.5) is 0 Å². The van der Waals surface area contributed by atoms with E-state index in [1.165, 1.54) is 31.6 Å². The highest BCUT2D eigenvalue weighted by molar-refractivity contribution is 14.0. The summed E-state index contributed by atoms with van der Waals surface area (Å²) in [7, 11) is 1.84. The molecule has 0 bridgehead atoms. The lowest BCUT2D eigenvalue weighted by atomic mass is 9.98. The van der Waals surface area contributed by atoms with Crippen molar-refractivity contribution in [2.45, 2.75) is 46.6 Å². The van der Waals surface area contributed by atoms with Crippen molar-refractivity contribution in [1.82, 2.24) is 25.3 Å². The Bertz CT molecular complexity index is 528. The Morgan fingerprint density at radius 1 is 1.36 bits per heavy atom. The molecule has 1 fully saturated rings. The van der Waals surface area contributed by atoms with Gasteiger partial charge in [0.2, 0.25) is 0 Å². The molecule has 1 saturated heterocycles. The minimum Gasteiger partial charge on any atom is -0.356 e. The van der Waals surface area contributed by atoms with Gasteiger partial charge in [0.25, 0.3) is 0 Å². The van der Waals surface area contributed by atoms with E-state index in [4.69, 9.17) is 0 Å². The highest BCUT2D eigenvalue weighted by Crippen LogP contribution is 2.15. The second-order valence-electron chi connectivity index (χ2n) is 6.79. The summed E-state index contributed by atoms with van der Waals surface area (Å²) in [5, 5.41) is 11.4. The van der Waals surface area contributed by atoms with Gasteiger partial charge in [-0.3, -0.25) is 9.67 Å². The number of aryl methyl sites for hydroxylation is 3. The summed E-state index contributed by atoms with van der Waals surface area (Å²) in [6.45, 7) is 12.9. The number of guanidine groups is 1. The first kappa shape index (κ1) is 22.2. The average molecular weight is 462 g/mol. The molecular formula is C18H35IN6. The molecule has 0 saturated carbocycles. The van der Waals surface area contributed by atoms with Crippen molar-refractivity contribution in [2.75, 3.05) is 39.8 Å². The summed E-state index contributed by atoms with van der Waals surface area (Å²) in [6, 6.07) is 2.12. The maximum absolute atomic E-state index is 4.50. The Morgan fingerprint density at radius 3 is 2.80 bits per heavy atom. The minimum absolute atomic E-state index is 0. The van der Waals surface area contributed by atoms with Crippen LogP contribution in [-0.2, 0) is 6.54 Å². The van der Waals surface area contributed by atoms with Gasteiger partial charge in [-0.05, 0) is 58.2 Å². The van der Waals surface area contributed by atoms with E-state index >= 15 is 0 Å². The van der Waals surface area contributed by atoms with Crippen LogP contribution in [-0.4, -0.2) is 60.4 Å². The van der Waals surface area contributed by atoms with Crippen LogP contribution in [0.2, 0.25) is 0 Å². The van der Waals surface area contributed by atoms with E-state index in [2.05, 4.69) is 50.2 Å². The van der Waals surface area contributed by atoms with Crippen molar-refractivity contribution in [3.05, 3.63) is 17.5 Å². The lowest BCUT2D eigenvalue weighted by Gasteiger charge is -2.32. The van der Waals surface area contributed by atoms with Crippen LogP contribution >= 0.6 is 24.0 Å². The van der Waals surface area contributed by atoms with Crippen molar-refractivity contribution < 1.29 is 0 Å². The smallest absolute Gasteiger partial charge is 0.190 e. The maximum Gasteiger partial charge on any atom is 0.190 e. The highest BCUT2D eigenvalue weighted by Gasteiger charge is 2.18. The molecule has 6 nitrogen and oxygen atoms in total. The summed E-state index contributed by atoms with van der Waals surface area (Å²) in [4.78, 5) is 6.88. The van der Waals surface area contributed by atoms with Gasteiger partial charge < -0.3 is 15.5 Å². The molecule has 7 heteroatoms. The molecule has 1 unspecified atom stereocenters. The number of likely N-dealkylation sites (tertiary alicyclic amines) is 1. The minimum atomic E-state index is 0. The van der Waals surface area contributed by atoms with Gasteiger partial charge in [-0.15, -0.1) is 24.0 Å². The number of hydrogen-bond donors (Lipinski definition) is 2. The largest absolute Gasteiger partial charge is 0.356 e. The quantitative estimate of drug-likeness (QED) is 0.283. The van der Waals surface area contributed by atoms with Crippen LogP contribution in [0.3, 0.4) is 0 Å². The average Bonchev–Trinajstić information content (AvgIpc) is 2.92. The molecule has 2 N–H and O–H groups in total. The first-order valence-electron chi connectivity index (χ1n) is 9.30. The second kappa shape index (κ2) is 11.7. The van der Waals surface area contributed by atoms with Crippen LogP contribution in [0.15, 0.2) is 11.1 Å². The Hall–Kier alpha value is -0.830. The summed E-state index contributed by atoms with van der Waals surface area (Å²) >= 11 is 0. The van der Waals surface area contributed by atoms with E-state index in [0.29, 0.717) is 0 Å². The monoisotopic (exact) mass is 462 g/mol. The number of rotatable bonds is 7. The third-order valence-corrected chi connectivity index (χ3v) is 4.77. The second-order valence-corrected chi connectivity index (χ2v) is 6.79. The van der Waals surface area contributed by atoms with Gasteiger partial charge in [0.1, 0.15) is 0 Å². The normalized spacial score (nSPS) is 18.7. The molecule has 1 aliphatic heterocycles. The number of nitrogens with one attached hydrogen (secondary N) is 2. The summed E-state index contributed by atoms with van der Waals surface area (Å²) in [6.07, 6.45) is 3.67. The Morgan fingerprint density at radius 2 is 2.16 bits per heavy atom. The van der Waals surface area contributed by atoms with Crippen LogP contribution in [0.5, 0.6) is 0 Å². The van der Waals surface area contributed by atoms with Gasteiger partial charge in [0.05, 0.1) is 5.69 Å². The van der Waals surface area contributed by atoms with Gasteiger partial charge in [-0.1, -0.05) is 6.92 Å². The predicted octanol–water partition coefficient (Wildman–Crippen LogP) is 2.40. The third kappa shape index (κ3) is 7.52. The van der Waals surface area contributed by atoms with Gasteiger partial charge >= 0.3 is 0 Å². The fourth-order valence-corrected chi connectivity index (χ4v) is 3.40. The Kier molecular flexibility index (Phi) is 10.4. The predicted molar refractivity (Wildman–Crippen MR) is 116 cm³/mol. The van der Waals surface area contributed by atoms with E-state index < -0.39 is 0 Å². The molecule has 0 aliphatic carbocycles. The molecule has 1 atom stereocenters. The molecule has 0 amide bonds. The van der Waals surface area contributed by atoms with E-state index in [1.807, 2.05) is 14.0 Å². The number of piperidine rings is 1. The van der Waals surface area contributed by atoms with Crippen molar-refractivity contribution >= 4 is 29.9 Å². The zero-order chi connectivity index (χ0) is 17.4. The first-order chi connectivity index (χ1) is 11.6. The number of aromatic nitrogens is 2. The number of nitrogens with zero attached hydrogens (tertiary/aromatic N) is 4. The molecule has 0 radical (unpaired) electrons. The fourth-order valence-electron chi connectivity index (χ4n) is 3.40. The van der Waals surface area contributed by atoms with E-state index in [-0.39, 0.29) is 24.0 Å².